The number of piperidine rings is 1. The van der Waals surface area contributed by atoms with E-state index in [0.717, 1.165) is 12.1 Å². The molecule has 2 heterocycles. The molecule has 10 heteroatoms. The molecule has 0 bridgehead atoms. The van der Waals surface area contributed by atoms with Gasteiger partial charge in [0.1, 0.15) is 12.0 Å². The molecule has 30 heavy (non-hydrogen) atoms. The van der Waals surface area contributed by atoms with Crippen molar-refractivity contribution in [3.05, 3.63) is 41.7 Å². The number of carbonyl (C=O) groups excluding carboxylic acids is 1. The molecule has 1 aliphatic rings. The van der Waals surface area contributed by atoms with Crippen molar-refractivity contribution in [1.29, 1.82) is 0 Å². The van der Waals surface area contributed by atoms with Crippen LogP contribution in [0.5, 0.6) is 0 Å². The molecule has 1 fully saturated rings. The molecule has 1 aromatic carbocycles. The van der Waals surface area contributed by atoms with E-state index in [4.69, 9.17) is 10.5 Å². The Morgan fingerprint density at radius 1 is 1.30 bits per heavy atom. The third-order valence-corrected chi connectivity index (χ3v) is 4.99. The van der Waals surface area contributed by atoms with Crippen molar-refractivity contribution >= 4 is 23.3 Å². The number of carbonyl (C=O) groups is 1. The lowest BCUT2D eigenvalue weighted by molar-refractivity contribution is -0.148. The molecule has 162 valence electrons. The standard InChI is InChI=1S/C20H24F3N5O2/c1-2-30-19(29)14-6-8-28(9-7-14)18-16(24)17(26-12-27-18)25-11-13-4-3-5-15(10-13)20(21,22)23/h3-5,10,12,14H,2,6-9,11,24H2,1H3,(H,25,26,27). The molecule has 0 unspecified atom stereocenters. The van der Waals surface area contributed by atoms with Crippen molar-refractivity contribution in [3.63, 3.8) is 0 Å². The largest absolute Gasteiger partial charge is 0.466 e. The molecule has 7 nitrogen and oxygen atoms in total. The number of esters is 1. The fourth-order valence-electron chi connectivity index (χ4n) is 3.41. The molecule has 0 atom stereocenters. The Hall–Kier alpha value is -3.04. The second-order valence-corrected chi connectivity index (χ2v) is 7.02. The number of rotatable bonds is 6. The topological polar surface area (TPSA) is 93.4 Å². The smallest absolute Gasteiger partial charge is 0.416 e. The van der Waals surface area contributed by atoms with Gasteiger partial charge in [-0.15, -0.1) is 0 Å². The van der Waals surface area contributed by atoms with Crippen LogP contribution in [0.2, 0.25) is 0 Å². The number of benzene rings is 1. The zero-order valence-corrected chi connectivity index (χ0v) is 16.6. The van der Waals surface area contributed by atoms with Crippen molar-refractivity contribution in [1.82, 2.24) is 9.97 Å². The Bertz CT molecular complexity index is 883. The van der Waals surface area contributed by atoms with E-state index >= 15 is 0 Å². The quantitative estimate of drug-likeness (QED) is 0.687. The number of alkyl halides is 3. The number of nitrogens with two attached hydrogens (primary N) is 1. The minimum atomic E-state index is -4.40. The van der Waals surface area contributed by atoms with E-state index < -0.39 is 11.7 Å². The zero-order chi connectivity index (χ0) is 21.7. The number of nitrogens with one attached hydrogen (secondary N) is 1. The Labute approximate surface area is 172 Å². The lowest BCUT2D eigenvalue weighted by Gasteiger charge is -2.32. The number of ether oxygens (including phenoxy) is 1. The highest BCUT2D eigenvalue weighted by Gasteiger charge is 2.30. The predicted molar refractivity (Wildman–Crippen MR) is 107 cm³/mol. The highest BCUT2D eigenvalue weighted by molar-refractivity contribution is 5.76. The van der Waals surface area contributed by atoms with Gasteiger partial charge < -0.3 is 20.7 Å². The van der Waals surface area contributed by atoms with Gasteiger partial charge in [0.05, 0.1) is 18.1 Å². The second-order valence-electron chi connectivity index (χ2n) is 7.02. The van der Waals surface area contributed by atoms with Gasteiger partial charge in [-0.1, -0.05) is 12.1 Å². The number of nitrogens with zero attached hydrogens (tertiary/aromatic N) is 3. The Morgan fingerprint density at radius 2 is 2.03 bits per heavy atom. The van der Waals surface area contributed by atoms with Crippen LogP contribution in [0.4, 0.5) is 30.5 Å². The zero-order valence-electron chi connectivity index (χ0n) is 16.6. The van der Waals surface area contributed by atoms with Crippen LogP contribution in [-0.2, 0) is 22.3 Å². The number of nitrogen functional groups attached to an aromatic ring is 1. The highest BCUT2D eigenvalue weighted by atomic mass is 19.4. The molecule has 0 aliphatic carbocycles. The molecule has 3 N–H and O–H groups in total. The fraction of sp³-hybridized carbons (Fsp3) is 0.450. The van der Waals surface area contributed by atoms with Crippen LogP contribution in [-0.4, -0.2) is 35.6 Å². The maximum absolute atomic E-state index is 12.9. The molecule has 0 spiro atoms. The molecule has 1 aliphatic heterocycles. The van der Waals surface area contributed by atoms with Gasteiger partial charge in [-0.25, -0.2) is 9.97 Å². The minimum Gasteiger partial charge on any atom is -0.466 e. The van der Waals surface area contributed by atoms with Gasteiger partial charge in [0.15, 0.2) is 11.6 Å². The van der Waals surface area contributed by atoms with Crippen molar-refractivity contribution in [2.45, 2.75) is 32.5 Å². The Morgan fingerprint density at radius 3 is 2.70 bits per heavy atom. The monoisotopic (exact) mass is 423 g/mol. The van der Waals surface area contributed by atoms with E-state index in [2.05, 4.69) is 15.3 Å². The molecule has 0 amide bonds. The average molecular weight is 423 g/mol. The van der Waals surface area contributed by atoms with Crippen molar-refractivity contribution in [3.8, 4) is 0 Å². The van der Waals surface area contributed by atoms with Crippen LogP contribution in [0, 0.1) is 5.92 Å². The predicted octanol–water partition coefficient (Wildman–Crippen LogP) is 3.47. The average Bonchev–Trinajstić information content (AvgIpc) is 2.73. The summed E-state index contributed by atoms with van der Waals surface area (Å²) in [5.74, 6) is 0.572. The van der Waals surface area contributed by atoms with Gasteiger partial charge in [-0.05, 0) is 37.5 Å². The summed E-state index contributed by atoms with van der Waals surface area (Å²) in [5, 5.41) is 2.99. The lowest BCUT2D eigenvalue weighted by Crippen LogP contribution is -2.38. The van der Waals surface area contributed by atoms with Crippen molar-refractivity contribution in [2.75, 3.05) is 35.6 Å². The van der Waals surface area contributed by atoms with Gasteiger partial charge in [-0.2, -0.15) is 13.2 Å². The molecule has 0 radical (unpaired) electrons. The molecule has 1 saturated heterocycles. The van der Waals surface area contributed by atoms with Gasteiger partial charge in [0, 0.05) is 19.6 Å². The summed E-state index contributed by atoms with van der Waals surface area (Å²) in [6.07, 6.45) is -1.77. The lowest BCUT2D eigenvalue weighted by atomic mass is 9.97. The summed E-state index contributed by atoms with van der Waals surface area (Å²) in [6, 6.07) is 5.08. The first-order chi connectivity index (χ1) is 14.3. The van der Waals surface area contributed by atoms with E-state index in [1.165, 1.54) is 12.4 Å². The van der Waals surface area contributed by atoms with E-state index in [1.807, 2.05) is 4.90 Å². The number of anilines is 3. The fourth-order valence-corrected chi connectivity index (χ4v) is 3.41. The van der Waals surface area contributed by atoms with E-state index in [9.17, 15) is 18.0 Å². The normalized spacial score (nSPS) is 15.1. The first-order valence-corrected chi connectivity index (χ1v) is 9.71. The Kier molecular flexibility index (Phi) is 6.63. The number of aromatic nitrogens is 2. The van der Waals surface area contributed by atoms with Gasteiger partial charge in [0.2, 0.25) is 0 Å². The summed E-state index contributed by atoms with van der Waals surface area (Å²) in [6.45, 7) is 3.46. The second kappa shape index (κ2) is 9.19. The highest BCUT2D eigenvalue weighted by Crippen LogP contribution is 2.31. The van der Waals surface area contributed by atoms with E-state index in [0.29, 0.717) is 55.4 Å². The van der Waals surface area contributed by atoms with Crippen LogP contribution in [0.15, 0.2) is 30.6 Å². The van der Waals surface area contributed by atoms with Crippen LogP contribution >= 0.6 is 0 Å². The van der Waals surface area contributed by atoms with E-state index in [1.54, 1.807) is 13.0 Å². The van der Waals surface area contributed by atoms with Crippen molar-refractivity contribution in [2.24, 2.45) is 5.92 Å². The third kappa shape index (κ3) is 5.11. The maximum atomic E-state index is 12.9. The summed E-state index contributed by atoms with van der Waals surface area (Å²) in [4.78, 5) is 22.2. The van der Waals surface area contributed by atoms with Crippen LogP contribution in [0.1, 0.15) is 30.9 Å². The van der Waals surface area contributed by atoms with E-state index in [-0.39, 0.29) is 18.4 Å². The number of hydrogen-bond acceptors (Lipinski definition) is 7. The number of hydrogen-bond donors (Lipinski definition) is 2. The van der Waals surface area contributed by atoms with Gasteiger partial charge in [0.25, 0.3) is 0 Å². The summed E-state index contributed by atoms with van der Waals surface area (Å²) in [7, 11) is 0. The molecular formula is C20H24F3N5O2. The van der Waals surface area contributed by atoms with Crippen molar-refractivity contribution < 1.29 is 22.7 Å². The first-order valence-electron chi connectivity index (χ1n) is 9.71. The molecule has 2 aromatic rings. The number of halogens is 3. The molecule has 0 saturated carbocycles. The first kappa shape index (κ1) is 21.7. The van der Waals surface area contributed by atoms with Gasteiger partial charge >= 0.3 is 12.1 Å². The van der Waals surface area contributed by atoms with Crippen LogP contribution in [0.3, 0.4) is 0 Å². The molecular weight excluding hydrogens is 399 g/mol. The van der Waals surface area contributed by atoms with Gasteiger partial charge in [-0.3, -0.25) is 4.79 Å². The summed E-state index contributed by atoms with van der Waals surface area (Å²) >= 11 is 0. The summed E-state index contributed by atoms with van der Waals surface area (Å²) in [5.41, 5.74) is 6.29. The Balaban J connectivity index is 1.65. The molecule has 3 rings (SSSR count). The van der Waals surface area contributed by atoms with Crippen LogP contribution < -0.4 is 16.0 Å². The maximum Gasteiger partial charge on any atom is 0.416 e. The minimum absolute atomic E-state index is 0.134. The molecule has 1 aromatic heterocycles. The summed E-state index contributed by atoms with van der Waals surface area (Å²) < 4.78 is 43.7. The SMILES string of the molecule is CCOC(=O)C1CCN(c2ncnc(NCc3cccc(C(F)(F)F)c3)c2N)CC1. The van der Waals surface area contributed by atoms with Crippen LogP contribution in [0.25, 0.3) is 0 Å². The third-order valence-electron chi connectivity index (χ3n) is 4.99.